The molecular weight excluding hydrogens is 326 g/mol. The van der Waals surface area contributed by atoms with Crippen molar-refractivity contribution in [1.29, 1.82) is 0 Å². The Bertz CT molecular complexity index is 541. The Morgan fingerprint density at radius 1 is 1.26 bits per heavy atom. The van der Waals surface area contributed by atoms with Crippen molar-refractivity contribution in [3.05, 3.63) is 56.7 Å². The molecule has 1 aromatic carbocycles. The summed E-state index contributed by atoms with van der Waals surface area (Å²) in [6.45, 7) is -0.0762. The van der Waals surface area contributed by atoms with Gasteiger partial charge in [-0.25, -0.2) is 0 Å². The summed E-state index contributed by atoms with van der Waals surface area (Å²) in [5, 5.41) is 12.2. The monoisotopic (exact) mass is 339 g/mol. The number of hydrogen-bond donors (Lipinski definition) is 2. The topological polar surface area (TPSA) is 49.3 Å². The Morgan fingerprint density at radius 2 is 2.00 bits per heavy atom. The van der Waals surface area contributed by atoms with Crippen LogP contribution in [0.25, 0.3) is 0 Å². The third-order valence-electron chi connectivity index (χ3n) is 2.68. The van der Waals surface area contributed by atoms with Crippen molar-refractivity contribution in [2.24, 2.45) is 0 Å². The molecule has 2 aromatic rings. The highest BCUT2D eigenvalue weighted by molar-refractivity contribution is 9.11. The van der Waals surface area contributed by atoms with Gasteiger partial charge in [-0.3, -0.25) is 4.79 Å². The molecule has 1 aromatic heterocycles. The molecule has 2 N–H and O–H groups in total. The highest BCUT2D eigenvalue weighted by atomic mass is 79.9. The molecule has 0 radical (unpaired) electrons. The first kappa shape index (κ1) is 14.2. The Hall–Kier alpha value is -1.17. The van der Waals surface area contributed by atoms with Crippen molar-refractivity contribution in [3.63, 3.8) is 0 Å². The molecule has 1 heterocycles. The molecule has 1 atom stereocenters. The van der Waals surface area contributed by atoms with Gasteiger partial charge in [-0.2, -0.15) is 0 Å². The Labute approximate surface area is 124 Å². The first-order chi connectivity index (χ1) is 9.19. The van der Waals surface area contributed by atoms with Gasteiger partial charge in [-0.15, -0.1) is 11.3 Å². The smallest absolute Gasteiger partial charge is 0.261 e. The fourth-order valence-electron chi connectivity index (χ4n) is 1.75. The number of nitrogens with one attached hydrogen (secondary N) is 1. The van der Waals surface area contributed by atoms with Crippen LogP contribution in [0.3, 0.4) is 0 Å². The van der Waals surface area contributed by atoms with Crippen molar-refractivity contribution in [2.45, 2.75) is 12.5 Å². The largest absolute Gasteiger partial charge is 0.394 e. The van der Waals surface area contributed by atoms with Crippen LogP contribution in [0, 0.1) is 0 Å². The summed E-state index contributed by atoms with van der Waals surface area (Å²) in [5.41, 5.74) is 1.09. The van der Waals surface area contributed by atoms with Crippen molar-refractivity contribution in [1.82, 2.24) is 5.32 Å². The number of amides is 1. The first-order valence-corrected chi connectivity index (χ1v) is 7.51. The van der Waals surface area contributed by atoms with Crippen LogP contribution in [0.15, 0.2) is 46.3 Å². The van der Waals surface area contributed by atoms with E-state index < -0.39 is 0 Å². The molecule has 19 heavy (non-hydrogen) atoms. The zero-order valence-corrected chi connectivity index (χ0v) is 12.6. The van der Waals surface area contributed by atoms with E-state index in [1.54, 1.807) is 6.07 Å². The van der Waals surface area contributed by atoms with Gasteiger partial charge >= 0.3 is 0 Å². The van der Waals surface area contributed by atoms with Gasteiger partial charge in [-0.05, 0) is 40.0 Å². The molecule has 0 saturated carbocycles. The Kier molecular flexibility index (Phi) is 5.13. The van der Waals surface area contributed by atoms with Crippen molar-refractivity contribution in [2.75, 3.05) is 6.61 Å². The highest BCUT2D eigenvalue weighted by Crippen LogP contribution is 2.22. The average Bonchev–Trinajstić information content (AvgIpc) is 2.86. The molecule has 0 aliphatic heterocycles. The van der Waals surface area contributed by atoms with Gasteiger partial charge in [0.25, 0.3) is 5.91 Å². The molecule has 1 amide bonds. The van der Waals surface area contributed by atoms with Gasteiger partial charge in [0.05, 0.1) is 21.3 Å². The minimum atomic E-state index is -0.268. The summed E-state index contributed by atoms with van der Waals surface area (Å²) in [5.74, 6) is -0.148. The molecule has 0 spiro atoms. The van der Waals surface area contributed by atoms with Gasteiger partial charge in [0.15, 0.2) is 0 Å². The number of rotatable bonds is 5. The van der Waals surface area contributed by atoms with Gasteiger partial charge in [0.2, 0.25) is 0 Å². The Balaban J connectivity index is 1.97. The molecule has 0 saturated heterocycles. The molecule has 3 nitrogen and oxygen atoms in total. The predicted octanol–water partition coefficient (Wildman–Crippen LogP) is 2.84. The second-order valence-electron chi connectivity index (χ2n) is 4.15. The van der Waals surface area contributed by atoms with E-state index in [4.69, 9.17) is 0 Å². The fourth-order valence-corrected chi connectivity index (χ4v) is 3.04. The van der Waals surface area contributed by atoms with Crippen molar-refractivity contribution >= 4 is 33.2 Å². The number of aliphatic hydroxyl groups is 1. The average molecular weight is 340 g/mol. The third kappa shape index (κ3) is 4.16. The summed E-state index contributed by atoms with van der Waals surface area (Å²) < 4.78 is 0.918. The predicted molar refractivity (Wildman–Crippen MR) is 80.5 cm³/mol. The van der Waals surface area contributed by atoms with E-state index >= 15 is 0 Å². The van der Waals surface area contributed by atoms with Crippen LogP contribution >= 0.6 is 27.3 Å². The molecule has 0 aliphatic rings. The van der Waals surface area contributed by atoms with E-state index in [9.17, 15) is 9.90 Å². The number of hydrogen-bond acceptors (Lipinski definition) is 3. The molecule has 100 valence electrons. The van der Waals surface area contributed by atoms with Crippen molar-refractivity contribution in [3.8, 4) is 0 Å². The van der Waals surface area contributed by atoms with E-state index in [1.807, 2.05) is 36.4 Å². The number of halogens is 1. The van der Waals surface area contributed by atoms with Crippen LogP contribution in [-0.2, 0) is 6.42 Å². The third-order valence-corrected chi connectivity index (χ3v) is 4.30. The summed E-state index contributed by atoms with van der Waals surface area (Å²) in [6, 6.07) is 13.1. The number of carbonyl (C=O) groups excluding carboxylic acids is 1. The number of thiophene rings is 1. The van der Waals surface area contributed by atoms with Gasteiger partial charge < -0.3 is 10.4 Å². The summed E-state index contributed by atoms with van der Waals surface area (Å²) in [4.78, 5) is 12.6. The minimum absolute atomic E-state index is 0.0762. The number of benzene rings is 1. The van der Waals surface area contributed by atoms with Gasteiger partial charge in [0, 0.05) is 0 Å². The summed E-state index contributed by atoms with van der Waals surface area (Å²) in [7, 11) is 0. The van der Waals surface area contributed by atoms with E-state index in [-0.39, 0.29) is 18.6 Å². The lowest BCUT2D eigenvalue weighted by atomic mass is 10.1. The Morgan fingerprint density at radius 3 is 2.58 bits per heavy atom. The minimum Gasteiger partial charge on any atom is -0.394 e. The van der Waals surface area contributed by atoms with E-state index in [0.29, 0.717) is 11.3 Å². The fraction of sp³-hybridized carbons (Fsp3) is 0.214. The zero-order valence-electron chi connectivity index (χ0n) is 10.2. The summed E-state index contributed by atoms with van der Waals surface area (Å²) in [6.07, 6.45) is 0.621. The lowest BCUT2D eigenvalue weighted by molar-refractivity contribution is 0.0920. The quantitative estimate of drug-likeness (QED) is 0.879. The van der Waals surface area contributed by atoms with E-state index in [1.165, 1.54) is 11.3 Å². The zero-order chi connectivity index (χ0) is 13.7. The second kappa shape index (κ2) is 6.84. The molecule has 0 bridgehead atoms. The second-order valence-corrected chi connectivity index (χ2v) is 6.61. The molecule has 5 heteroatoms. The number of carbonyl (C=O) groups is 1. The molecule has 2 rings (SSSR count). The molecule has 0 fully saturated rings. The van der Waals surface area contributed by atoms with Crippen LogP contribution < -0.4 is 5.32 Å². The molecule has 0 aliphatic carbocycles. The highest BCUT2D eigenvalue weighted by Gasteiger charge is 2.14. The van der Waals surface area contributed by atoms with Crippen LogP contribution in [0.1, 0.15) is 15.2 Å². The SMILES string of the molecule is O=C(N[C@H](CO)Cc1ccccc1)c1ccc(Br)s1. The van der Waals surface area contributed by atoms with Crippen LogP contribution in [-0.4, -0.2) is 23.7 Å². The van der Waals surface area contributed by atoms with Crippen LogP contribution in [0.2, 0.25) is 0 Å². The normalized spacial score (nSPS) is 12.1. The van der Waals surface area contributed by atoms with Gasteiger partial charge in [-0.1, -0.05) is 30.3 Å². The number of aliphatic hydroxyl groups excluding tert-OH is 1. The standard InChI is InChI=1S/C14H14BrNO2S/c15-13-7-6-12(19-13)14(18)16-11(9-17)8-10-4-2-1-3-5-10/h1-7,11,17H,8-9H2,(H,16,18)/t11-/m0/s1. The van der Waals surface area contributed by atoms with E-state index in [2.05, 4.69) is 21.2 Å². The van der Waals surface area contributed by atoms with Crippen LogP contribution in [0.4, 0.5) is 0 Å². The maximum atomic E-state index is 12.0. The molecular formula is C14H14BrNO2S. The first-order valence-electron chi connectivity index (χ1n) is 5.90. The lowest BCUT2D eigenvalue weighted by Gasteiger charge is -2.15. The maximum Gasteiger partial charge on any atom is 0.261 e. The van der Waals surface area contributed by atoms with Crippen molar-refractivity contribution < 1.29 is 9.90 Å². The van der Waals surface area contributed by atoms with E-state index in [0.717, 1.165) is 9.35 Å². The molecule has 0 unspecified atom stereocenters. The lowest BCUT2D eigenvalue weighted by Crippen LogP contribution is -2.38. The summed E-state index contributed by atoms with van der Waals surface area (Å²) >= 11 is 4.70. The van der Waals surface area contributed by atoms with Crippen LogP contribution in [0.5, 0.6) is 0 Å². The van der Waals surface area contributed by atoms with Gasteiger partial charge in [0.1, 0.15) is 0 Å². The maximum absolute atomic E-state index is 12.0.